The molecule has 2 aliphatic carbocycles. The zero-order valence-corrected chi connectivity index (χ0v) is 23.0. The smallest absolute Gasteiger partial charge is 0.248 e. The average Bonchev–Trinajstić information content (AvgIpc) is 3.46. The molecule has 2 aromatic carbocycles. The fourth-order valence-electron chi connectivity index (χ4n) is 6.91. The number of carbonyl (C=O) groups is 2. The molecule has 2 fully saturated rings. The van der Waals surface area contributed by atoms with Crippen LogP contribution < -0.4 is 16.8 Å². The Hall–Kier alpha value is -4.56. The Labute approximate surface area is 238 Å². The number of nitrogens with one attached hydrogen (secondary N) is 1. The second-order valence-electron chi connectivity index (χ2n) is 11.3. The number of rotatable bonds is 8. The molecular weight excluding hydrogens is 518 g/mol. The molecule has 1 saturated heterocycles. The van der Waals surface area contributed by atoms with Gasteiger partial charge < -0.3 is 21.7 Å². The monoisotopic (exact) mass is 551 g/mol. The lowest BCUT2D eigenvalue weighted by molar-refractivity contribution is -0.131. The molecule has 3 aliphatic rings. The van der Waals surface area contributed by atoms with Crippen LogP contribution in [0.15, 0.2) is 43.0 Å². The van der Waals surface area contributed by atoms with Crippen molar-refractivity contribution in [3.8, 4) is 6.07 Å². The van der Waals surface area contributed by atoms with Gasteiger partial charge in [-0.1, -0.05) is 24.8 Å². The zero-order chi connectivity index (χ0) is 28.9. The van der Waals surface area contributed by atoms with E-state index in [1.165, 1.54) is 0 Å². The van der Waals surface area contributed by atoms with Gasteiger partial charge in [-0.2, -0.15) is 5.26 Å². The Morgan fingerprint density at radius 2 is 1.80 bits per heavy atom. The van der Waals surface area contributed by atoms with Crippen LogP contribution in [0.2, 0.25) is 0 Å². The number of hydrogen-bond acceptors (Lipinski definition) is 8. The Morgan fingerprint density at radius 3 is 2.41 bits per heavy atom. The number of hydrogen-bond donors (Lipinski definition) is 3. The molecule has 11 nitrogen and oxygen atoms in total. The zero-order valence-electron chi connectivity index (χ0n) is 23.0. The number of carbonyl (C=O) groups excluding carboxylic acids is 2. The van der Waals surface area contributed by atoms with Crippen LogP contribution in [0.3, 0.4) is 0 Å². The third kappa shape index (κ3) is 4.44. The summed E-state index contributed by atoms with van der Waals surface area (Å²) in [7, 11) is 1.81. The minimum Gasteiger partial charge on any atom is -0.399 e. The second kappa shape index (κ2) is 10.1. The highest BCUT2D eigenvalue weighted by molar-refractivity contribution is 5.93. The normalized spacial score (nSPS) is 24.0. The van der Waals surface area contributed by atoms with Crippen molar-refractivity contribution in [2.24, 2.45) is 24.4 Å². The van der Waals surface area contributed by atoms with Crippen LogP contribution in [-0.4, -0.2) is 62.1 Å². The molecular formula is C30H33N9O2. The molecule has 2 amide bonds. The van der Waals surface area contributed by atoms with E-state index in [0.29, 0.717) is 48.8 Å². The summed E-state index contributed by atoms with van der Waals surface area (Å²) < 4.78 is 1.68. The van der Waals surface area contributed by atoms with Gasteiger partial charge in [0.1, 0.15) is 6.04 Å². The maximum atomic E-state index is 13.1. The van der Waals surface area contributed by atoms with Crippen LogP contribution in [0.1, 0.15) is 63.3 Å². The topological polar surface area (TPSA) is 169 Å². The molecule has 210 valence electrons. The standard InChI is InChI=1S/C30H33N9O2/c1-17(32)18-5-7-24-19(11-18)3-4-20-12-21(28(33)41)6-8-25(20)30(24,29-35-36-37-38(29)2)9-10-34-16-27(40)39-23(15-31)13-22-14-26(22)39/h5-8,11-12,22-23,26,34H,1,3-4,9-10,13-14,16,32H2,2H3,(H2,33,41)/t22-,23+,26+,30?/m1/s1. The van der Waals surface area contributed by atoms with Crippen molar-refractivity contribution in [3.05, 3.63) is 82.2 Å². The maximum absolute atomic E-state index is 13.1. The van der Waals surface area contributed by atoms with Gasteiger partial charge in [-0.3, -0.25) is 9.59 Å². The minimum absolute atomic E-state index is 0.0465. The maximum Gasteiger partial charge on any atom is 0.248 e. The summed E-state index contributed by atoms with van der Waals surface area (Å²) in [6.45, 7) is 4.53. The third-order valence-corrected chi connectivity index (χ3v) is 8.95. The summed E-state index contributed by atoms with van der Waals surface area (Å²) in [5, 5.41) is 25.6. The fourth-order valence-corrected chi connectivity index (χ4v) is 6.91. The van der Waals surface area contributed by atoms with E-state index >= 15 is 0 Å². The Bertz CT molecular complexity index is 1540. The van der Waals surface area contributed by atoms with Gasteiger partial charge in [0.15, 0.2) is 5.82 Å². The fraction of sp³-hybridized carbons (Fsp3) is 0.400. The predicted octanol–water partition coefficient (Wildman–Crippen LogP) is 1.16. The number of amides is 2. The van der Waals surface area contributed by atoms with Crippen molar-refractivity contribution < 1.29 is 9.59 Å². The Balaban J connectivity index is 1.40. The minimum atomic E-state index is -0.801. The number of piperidine rings is 1. The number of likely N-dealkylation sites (tertiary alicyclic amines) is 1. The number of nitrogens with two attached hydrogens (primary N) is 2. The van der Waals surface area contributed by atoms with Gasteiger partial charge in [-0.05, 0) is 101 Å². The summed E-state index contributed by atoms with van der Waals surface area (Å²) in [5.74, 6) is 0.577. The number of primary amides is 1. The van der Waals surface area contributed by atoms with Gasteiger partial charge in [0.2, 0.25) is 11.8 Å². The number of nitrogens with zero attached hydrogens (tertiary/aromatic N) is 6. The summed E-state index contributed by atoms with van der Waals surface area (Å²) >= 11 is 0. The van der Waals surface area contributed by atoms with E-state index in [1.54, 1.807) is 15.6 Å². The van der Waals surface area contributed by atoms with E-state index < -0.39 is 11.3 Å². The van der Waals surface area contributed by atoms with Crippen LogP contribution in [0.25, 0.3) is 5.70 Å². The lowest BCUT2D eigenvalue weighted by atomic mass is 9.69. The summed E-state index contributed by atoms with van der Waals surface area (Å²) in [6.07, 6.45) is 3.67. The molecule has 1 aliphatic heterocycles. The largest absolute Gasteiger partial charge is 0.399 e. The van der Waals surface area contributed by atoms with Gasteiger partial charge in [-0.15, -0.1) is 5.10 Å². The number of nitriles is 1. The first-order valence-electron chi connectivity index (χ1n) is 13.9. The van der Waals surface area contributed by atoms with E-state index in [2.05, 4.69) is 45.6 Å². The van der Waals surface area contributed by atoms with Crippen LogP contribution in [0, 0.1) is 17.2 Å². The number of aryl methyl sites for hydroxylation is 3. The molecule has 1 aromatic heterocycles. The molecule has 1 saturated carbocycles. The third-order valence-electron chi connectivity index (χ3n) is 8.95. The van der Waals surface area contributed by atoms with Gasteiger partial charge >= 0.3 is 0 Å². The molecule has 1 unspecified atom stereocenters. The SMILES string of the molecule is C=C(N)c1ccc2c(c1)CCc1cc(C(N)=O)ccc1C2(CCNCC(=O)N1[C@H](C#N)C[C@@H]2C[C@@H]21)c1nnnn1C. The lowest BCUT2D eigenvalue weighted by Crippen LogP contribution is -2.44. The molecule has 11 heteroatoms. The van der Waals surface area contributed by atoms with E-state index in [-0.39, 0.29) is 24.5 Å². The van der Waals surface area contributed by atoms with E-state index in [4.69, 9.17) is 11.5 Å². The number of benzene rings is 2. The van der Waals surface area contributed by atoms with Gasteiger partial charge in [0.05, 0.1) is 18.0 Å². The molecule has 5 N–H and O–H groups in total. The number of fused-ring (bicyclic) bond motifs is 3. The van der Waals surface area contributed by atoms with Crippen molar-refractivity contribution in [1.29, 1.82) is 5.26 Å². The number of tetrazole rings is 1. The summed E-state index contributed by atoms with van der Waals surface area (Å²) in [4.78, 5) is 27.0. The van der Waals surface area contributed by atoms with Crippen LogP contribution in [0.4, 0.5) is 0 Å². The quantitative estimate of drug-likeness (QED) is 0.350. The summed E-state index contributed by atoms with van der Waals surface area (Å²) in [6, 6.07) is 13.8. The molecule has 41 heavy (non-hydrogen) atoms. The number of aromatic nitrogens is 4. The van der Waals surface area contributed by atoms with Crippen molar-refractivity contribution in [1.82, 2.24) is 30.4 Å². The second-order valence-corrected chi connectivity index (χ2v) is 11.3. The molecule has 6 rings (SSSR count). The van der Waals surface area contributed by atoms with E-state index in [1.807, 2.05) is 25.2 Å². The molecule has 0 radical (unpaired) electrons. The highest BCUT2D eigenvalue weighted by Crippen LogP contribution is 2.48. The summed E-state index contributed by atoms with van der Waals surface area (Å²) in [5.41, 5.74) is 16.8. The van der Waals surface area contributed by atoms with Crippen LogP contribution >= 0.6 is 0 Å². The van der Waals surface area contributed by atoms with Crippen molar-refractivity contribution in [2.75, 3.05) is 13.1 Å². The first kappa shape index (κ1) is 26.7. The molecule has 0 spiro atoms. The van der Waals surface area contributed by atoms with Crippen LogP contribution in [-0.2, 0) is 30.1 Å². The van der Waals surface area contributed by atoms with Gasteiger partial charge in [0.25, 0.3) is 0 Å². The van der Waals surface area contributed by atoms with Crippen molar-refractivity contribution in [2.45, 2.75) is 49.6 Å². The highest BCUT2D eigenvalue weighted by atomic mass is 16.2. The lowest BCUT2D eigenvalue weighted by Gasteiger charge is -2.35. The van der Waals surface area contributed by atoms with Gasteiger partial charge in [-0.25, -0.2) is 4.68 Å². The molecule has 2 heterocycles. The van der Waals surface area contributed by atoms with Crippen molar-refractivity contribution in [3.63, 3.8) is 0 Å². The molecule has 0 bridgehead atoms. The van der Waals surface area contributed by atoms with E-state index in [9.17, 15) is 14.9 Å². The molecule has 3 aromatic rings. The molecule has 4 atom stereocenters. The van der Waals surface area contributed by atoms with Crippen molar-refractivity contribution >= 4 is 17.5 Å². The van der Waals surface area contributed by atoms with E-state index in [0.717, 1.165) is 40.7 Å². The van der Waals surface area contributed by atoms with Crippen LogP contribution in [0.5, 0.6) is 0 Å². The average molecular weight is 552 g/mol. The van der Waals surface area contributed by atoms with Gasteiger partial charge in [0, 0.05) is 24.4 Å². The Morgan fingerprint density at radius 1 is 1.12 bits per heavy atom. The highest BCUT2D eigenvalue weighted by Gasteiger charge is 2.54. The Kier molecular flexibility index (Phi) is 6.58. The first-order valence-corrected chi connectivity index (χ1v) is 13.9. The first-order chi connectivity index (χ1) is 19.7. The predicted molar refractivity (Wildman–Crippen MR) is 151 cm³/mol.